The largest absolute Gasteiger partial charge is 0.444 e. The SMILES string of the molecule is CC(C)(C)OC(=O)N1CCC[C@H]1c1nc(-c2ccc(-c3ccc(-c4cnc[nH]4)cc3)cc2)c(Cl)[nH]1. The van der Waals surface area contributed by atoms with Gasteiger partial charge in [0.2, 0.25) is 0 Å². The Hall–Kier alpha value is -3.58. The Morgan fingerprint density at radius 3 is 2.26 bits per heavy atom. The third-order valence-electron chi connectivity index (χ3n) is 6.06. The van der Waals surface area contributed by atoms with Gasteiger partial charge in [0.05, 0.1) is 24.3 Å². The highest BCUT2D eigenvalue weighted by Crippen LogP contribution is 2.36. The lowest BCUT2D eigenvalue weighted by Gasteiger charge is -2.27. The number of halogens is 1. The highest BCUT2D eigenvalue weighted by Gasteiger charge is 2.35. The second-order valence-electron chi connectivity index (χ2n) is 9.74. The maximum Gasteiger partial charge on any atom is 0.410 e. The van der Waals surface area contributed by atoms with Crippen LogP contribution in [0.1, 0.15) is 45.5 Å². The first-order chi connectivity index (χ1) is 16.8. The Morgan fingerprint density at radius 2 is 1.66 bits per heavy atom. The standard InChI is InChI=1S/C27H28ClN5O2/c1-27(2,3)35-26(34)33-14-4-5-22(33)25-31-23(24(28)32-25)20-12-8-18(9-13-20)17-6-10-19(11-7-17)21-15-29-16-30-21/h6-13,15-16,22H,4-5,14H2,1-3H3,(H,29,30)(H,31,32)/t22-/m0/s1. The van der Waals surface area contributed by atoms with E-state index >= 15 is 0 Å². The number of aromatic amines is 2. The quantitative estimate of drug-likeness (QED) is 0.328. The molecule has 0 unspecified atom stereocenters. The van der Waals surface area contributed by atoms with Gasteiger partial charge in [-0.25, -0.2) is 14.8 Å². The van der Waals surface area contributed by atoms with E-state index in [2.05, 4.69) is 51.4 Å². The van der Waals surface area contributed by atoms with E-state index in [0.717, 1.165) is 40.8 Å². The van der Waals surface area contributed by atoms with Gasteiger partial charge in [-0.3, -0.25) is 4.90 Å². The molecule has 7 nitrogen and oxygen atoms in total. The molecule has 2 N–H and O–H groups in total. The summed E-state index contributed by atoms with van der Waals surface area (Å²) in [4.78, 5) is 29.6. The number of imidazole rings is 2. The van der Waals surface area contributed by atoms with Crippen molar-refractivity contribution < 1.29 is 9.53 Å². The van der Waals surface area contributed by atoms with Crippen LogP contribution >= 0.6 is 11.6 Å². The first-order valence-corrected chi connectivity index (χ1v) is 12.1. The number of H-pyrrole nitrogens is 2. The lowest BCUT2D eigenvalue weighted by atomic mass is 10.0. The molecule has 5 rings (SSSR count). The van der Waals surface area contributed by atoms with Crippen LogP contribution in [0.3, 0.4) is 0 Å². The van der Waals surface area contributed by atoms with E-state index in [0.29, 0.717) is 23.2 Å². The molecule has 1 atom stereocenters. The molecular weight excluding hydrogens is 462 g/mol. The number of benzene rings is 2. The van der Waals surface area contributed by atoms with Crippen molar-refractivity contribution in [2.75, 3.05) is 6.54 Å². The number of aromatic nitrogens is 4. The zero-order valence-electron chi connectivity index (χ0n) is 20.0. The smallest absolute Gasteiger partial charge is 0.410 e. The van der Waals surface area contributed by atoms with E-state index in [9.17, 15) is 4.79 Å². The van der Waals surface area contributed by atoms with Crippen LogP contribution in [0.25, 0.3) is 33.6 Å². The van der Waals surface area contributed by atoms with Crippen molar-refractivity contribution in [2.24, 2.45) is 0 Å². The van der Waals surface area contributed by atoms with Crippen LogP contribution in [0.15, 0.2) is 61.1 Å². The summed E-state index contributed by atoms with van der Waals surface area (Å²) in [5, 5.41) is 0.465. The second kappa shape index (κ2) is 9.23. The van der Waals surface area contributed by atoms with Crippen LogP contribution in [0.4, 0.5) is 4.79 Å². The molecule has 180 valence electrons. The lowest BCUT2D eigenvalue weighted by molar-refractivity contribution is 0.0218. The van der Waals surface area contributed by atoms with E-state index < -0.39 is 5.60 Å². The van der Waals surface area contributed by atoms with Gasteiger partial charge in [-0.05, 0) is 50.3 Å². The van der Waals surface area contributed by atoms with Gasteiger partial charge in [0, 0.05) is 12.1 Å². The number of hydrogen-bond donors (Lipinski definition) is 2. The summed E-state index contributed by atoms with van der Waals surface area (Å²) in [5.74, 6) is 0.687. The molecule has 1 saturated heterocycles. The maximum atomic E-state index is 12.7. The van der Waals surface area contributed by atoms with Gasteiger partial charge >= 0.3 is 6.09 Å². The zero-order valence-corrected chi connectivity index (χ0v) is 20.8. The van der Waals surface area contributed by atoms with Crippen molar-refractivity contribution in [3.05, 3.63) is 72.0 Å². The summed E-state index contributed by atoms with van der Waals surface area (Å²) in [6.45, 7) is 6.25. The van der Waals surface area contributed by atoms with Gasteiger partial charge in [-0.15, -0.1) is 0 Å². The fourth-order valence-corrected chi connectivity index (χ4v) is 4.63. The number of likely N-dealkylation sites (tertiary alicyclic amines) is 1. The number of hydrogen-bond acceptors (Lipinski definition) is 4. The summed E-state index contributed by atoms with van der Waals surface area (Å²) >= 11 is 6.55. The number of amides is 1. The van der Waals surface area contributed by atoms with Gasteiger partial charge in [-0.2, -0.15) is 0 Å². The van der Waals surface area contributed by atoms with Crippen molar-refractivity contribution in [1.82, 2.24) is 24.8 Å². The molecule has 2 aromatic heterocycles. The Labute approximate surface area is 209 Å². The number of nitrogens with one attached hydrogen (secondary N) is 2. The molecule has 1 fully saturated rings. The molecule has 2 aromatic carbocycles. The topological polar surface area (TPSA) is 86.9 Å². The first-order valence-electron chi connectivity index (χ1n) is 11.7. The van der Waals surface area contributed by atoms with E-state index in [-0.39, 0.29) is 12.1 Å². The molecule has 0 aliphatic carbocycles. The van der Waals surface area contributed by atoms with Gasteiger partial charge in [0.1, 0.15) is 22.3 Å². The van der Waals surface area contributed by atoms with Gasteiger partial charge in [-0.1, -0.05) is 60.1 Å². The van der Waals surface area contributed by atoms with Gasteiger partial charge < -0.3 is 14.7 Å². The van der Waals surface area contributed by atoms with Crippen LogP contribution in [0, 0.1) is 0 Å². The summed E-state index contributed by atoms with van der Waals surface area (Å²) in [6, 6.07) is 16.3. The summed E-state index contributed by atoms with van der Waals surface area (Å²) in [6.07, 6.45) is 4.87. The minimum Gasteiger partial charge on any atom is -0.444 e. The molecule has 1 amide bonds. The van der Waals surface area contributed by atoms with E-state index in [1.807, 2.05) is 39.1 Å². The fourth-order valence-electron chi connectivity index (χ4n) is 4.38. The van der Waals surface area contributed by atoms with Crippen LogP contribution in [0.2, 0.25) is 5.15 Å². The molecule has 3 heterocycles. The van der Waals surface area contributed by atoms with E-state index in [1.165, 1.54) is 0 Å². The van der Waals surface area contributed by atoms with Crippen molar-refractivity contribution in [1.29, 1.82) is 0 Å². The molecule has 4 aromatic rings. The zero-order chi connectivity index (χ0) is 24.6. The molecule has 35 heavy (non-hydrogen) atoms. The number of ether oxygens (including phenoxy) is 1. The number of rotatable bonds is 4. The van der Waals surface area contributed by atoms with Crippen LogP contribution in [0.5, 0.6) is 0 Å². The predicted molar refractivity (Wildman–Crippen MR) is 137 cm³/mol. The second-order valence-corrected chi connectivity index (χ2v) is 10.1. The highest BCUT2D eigenvalue weighted by molar-refractivity contribution is 6.31. The van der Waals surface area contributed by atoms with E-state index in [1.54, 1.807) is 11.2 Å². The van der Waals surface area contributed by atoms with Crippen molar-refractivity contribution in [2.45, 2.75) is 45.3 Å². The minimum absolute atomic E-state index is 0.177. The average molecular weight is 490 g/mol. The first kappa shape index (κ1) is 23.2. The average Bonchev–Trinajstić information content (AvgIpc) is 3.59. The Kier molecular flexibility index (Phi) is 6.11. The highest BCUT2D eigenvalue weighted by atomic mass is 35.5. The van der Waals surface area contributed by atoms with Crippen molar-refractivity contribution >= 4 is 17.7 Å². The Bertz CT molecular complexity index is 1310. The molecule has 8 heteroatoms. The Morgan fingerprint density at radius 1 is 1.03 bits per heavy atom. The van der Waals surface area contributed by atoms with Crippen LogP contribution in [-0.2, 0) is 4.74 Å². The number of carbonyl (C=O) groups is 1. The molecular formula is C27H28ClN5O2. The minimum atomic E-state index is -0.544. The maximum absolute atomic E-state index is 12.7. The molecule has 1 aliphatic rings. The monoisotopic (exact) mass is 489 g/mol. The number of carbonyl (C=O) groups excluding carboxylic acids is 1. The fraction of sp³-hybridized carbons (Fsp3) is 0.296. The molecule has 0 saturated carbocycles. The summed E-state index contributed by atoms with van der Waals surface area (Å²) in [5.41, 5.74) is 5.35. The molecule has 0 spiro atoms. The Balaban J connectivity index is 1.34. The van der Waals surface area contributed by atoms with Gasteiger partial charge in [0.25, 0.3) is 0 Å². The molecule has 0 radical (unpaired) electrons. The van der Waals surface area contributed by atoms with E-state index in [4.69, 9.17) is 21.3 Å². The van der Waals surface area contributed by atoms with Crippen LogP contribution < -0.4 is 0 Å². The molecule has 0 bridgehead atoms. The van der Waals surface area contributed by atoms with Gasteiger partial charge in [0.15, 0.2) is 0 Å². The lowest BCUT2D eigenvalue weighted by Crippen LogP contribution is -2.36. The number of nitrogens with zero attached hydrogens (tertiary/aromatic N) is 3. The summed E-state index contributed by atoms with van der Waals surface area (Å²) in [7, 11) is 0. The van der Waals surface area contributed by atoms with Crippen LogP contribution in [-0.4, -0.2) is 43.1 Å². The van der Waals surface area contributed by atoms with Crippen molar-refractivity contribution in [3.63, 3.8) is 0 Å². The third-order valence-corrected chi connectivity index (χ3v) is 6.33. The predicted octanol–water partition coefficient (Wildman–Crippen LogP) is 6.86. The van der Waals surface area contributed by atoms with Crippen molar-refractivity contribution in [3.8, 4) is 33.6 Å². The normalized spacial score (nSPS) is 16.0. The third kappa shape index (κ3) is 4.95. The molecule has 1 aliphatic heterocycles. The summed E-state index contributed by atoms with van der Waals surface area (Å²) < 4.78 is 5.59.